The molecule has 162 valence electrons. The minimum absolute atomic E-state index is 1.01. The molecule has 0 fully saturated rings. The molecule has 0 saturated heterocycles. The number of unbranched alkanes of at least 4 members (excludes halogenated alkanes) is 15. The van der Waals surface area contributed by atoms with Crippen molar-refractivity contribution in [3.05, 3.63) is 0 Å². The van der Waals surface area contributed by atoms with Crippen molar-refractivity contribution in [1.29, 1.82) is 5.26 Å². The van der Waals surface area contributed by atoms with Crippen molar-refractivity contribution >= 4 is 10.0 Å². The van der Waals surface area contributed by atoms with Crippen LogP contribution in [0.25, 0.3) is 0 Å². The summed E-state index contributed by atoms with van der Waals surface area (Å²) in [7, 11) is -1.01. The highest BCUT2D eigenvalue weighted by molar-refractivity contribution is 8.37. The maximum Gasteiger partial charge on any atom is 0.113 e. The van der Waals surface area contributed by atoms with E-state index in [0.29, 0.717) is 0 Å². The molecule has 27 heavy (non-hydrogen) atoms. The van der Waals surface area contributed by atoms with E-state index in [1.807, 2.05) is 0 Å². The lowest BCUT2D eigenvalue weighted by Gasteiger charge is -2.33. The van der Waals surface area contributed by atoms with Crippen LogP contribution in [0.2, 0.25) is 0 Å². The van der Waals surface area contributed by atoms with Crippen molar-refractivity contribution in [2.45, 2.75) is 136 Å². The first kappa shape index (κ1) is 26.8. The van der Waals surface area contributed by atoms with Gasteiger partial charge in [-0.2, -0.15) is 15.3 Å². The number of nitriles is 1. The number of rotatable bonds is 21. The Morgan fingerprint density at radius 1 is 0.444 bits per heavy atom. The van der Waals surface area contributed by atoms with Crippen LogP contribution >= 0.6 is 10.0 Å². The first-order valence-corrected chi connectivity index (χ1v) is 14.6. The first-order valence-electron chi connectivity index (χ1n) is 12.4. The van der Waals surface area contributed by atoms with E-state index in [4.69, 9.17) is 0 Å². The van der Waals surface area contributed by atoms with Crippen LogP contribution in [-0.4, -0.2) is 17.3 Å². The monoisotopic (exact) mass is 397 g/mol. The summed E-state index contributed by atoms with van der Waals surface area (Å²) in [5, 5.41) is 13.0. The molecule has 0 aromatic carbocycles. The second-order valence-electron chi connectivity index (χ2n) is 8.55. The molecule has 0 saturated carbocycles. The lowest BCUT2D eigenvalue weighted by atomic mass is 10.1. The number of hydrogen-bond donors (Lipinski definition) is 0. The highest BCUT2D eigenvalue weighted by Gasteiger charge is 2.22. The lowest BCUT2D eigenvalue weighted by Crippen LogP contribution is -2.12. The average molecular weight is 398 g/mol. The molecule has 2 heteroatoms. The molecule has 1 nitrogen and oxygen atoms in total. The van der Waals surface area contributed by atoms with E-state index < -0.39 is 10.0 Å². The van der Waals surface area contributed by atoms with Gasteiger partial charge < -0.3 is 0 Å². The molecule has 0 N–H and O–H groups in total. The maximum absolute atomic E-state index is 10.1. The minimum atomic E-state index is -1.01. The van der Waals surface area contributed by atoms with Crippen LogP contribution in [0.15, 0.2) is 0 Å². The van der Waals surface area contributed by atoms with Crippen LogP contribution in [0, 0.1) is 10.7 Å². The predicted octanol–water partition coefficient (Wildman–Crippen LogP) is 9.35. The normalized spacial score (nSPS) is 12.2. The van der Waals surface area contributed by atoms with E-state index in [-0.39, 0.29) is 0 Å². The van der Waals surface area contributed by atoms with Crippen LogP contribution in [0.5, 0.6) is 0 Å². The van der Waals surface area contributed by atoms with Gasteiger partial charge in [-0.3, -0.25) is 0 Å². The van der Waals surface area contributed by atoms with Gasteiger partial charge in [-0.05, 0) is 36.5 Å². The summed E-state index contributed by atoms with van der Waals surface area (Å²) in [5.41, 5.74) is 0. The first-order chi connectivity index (χ1) is 13.2. The molecule has 0 spiro atoms. The molecule has 0 amide bonds. The second kappa shape index (κ2) is 20.6. The summed E-state index contributed by atoms with van der Waals surface area (Å²) in [6, 6.07) is 0. The Balaban J connectivity index is 4.26. The van der Waals surface area contributed by atoms with Gasteiger partial charge in [0.05, 0.1) is 0 Å². The third-order valence-corrected chi connectivity index (χ3v) is 9.46. The Kier molecular flexibility index (Phi) is 20.4. The lowest BCUT2D eigenvalue weighted by molar-refractivity contribution is 0.618. The quantitative estimate of drug-likeness (QED) is 0.140. The van der Waals surface area contributed by atoms with Crippen molar-refractivity contribution in [2.75, 3.05) is 17.3 Å². The molecule has 0 bridgehead atoms. The van der Waals surface area contributed by atoms with E-state index >= 15 is 0 Å². The molecule has 0 rings (SSSR count). The van der Waals surface area contributed by atoms with Crippen molar-refractivity contribution in [3.63, 3.8) is 0 Å². The zero-order chi connectivity index (χ0) is 20.1. The number of thiocyanates is 1. The van der Waals surface area contributed by atoms with Gasteiger partial charge in [-0.25, -0.2) is 0 Å². The van der Waals surface area contributed by atoms with Gasteiger partial charge >= 0.3 is 0 Å². The Morgan fingerprint density at radius 2 is 0.704 bits per heavy atom. The zero-order valence-corrected chi connectivity index (χ0v) is 20.0. The largest absolute Gasteiger partial charge is 0.187 e. The molecule has 0 radical (unpaired) electrons. The molecule has 0 aromatic rings. The fourth-order valence-electron chi connectivity index (χ4n) is 3.92. The summed E-state index contributed by atoms with van der Waals surface area (Å²) in [6.45, 7) is 6.85. The second-order valence-corrected chi connectivity index (χ2v) is 12.1. The SMILES string of the molecule is CCCCCCCCS(C#N)(CCCCCCCC)CCCCCCCC. The van der Waals surface area contributed by atoms with Gasteiger partial charge in [0.2, 0.25) is 0 Å². The Morgan fingerprint density at radius 3 is 0.963 bits per heavy atom. The minimum Gasteiger partial charge on any atom is -0.187 e. The van der Waals surface area contributed by atoms with Crippen LogP contribution in [-0.2, 0) is 0 Å². The molecule has 0 aliphatic heterocycles. The zero-order valence-electron chi connectivity index (χ0n) is 19.2. The molecular weight excluding hydrogens is 346 g/mol. The summed E-state index contributed by atoms with van der Waals surface area (Å²) in [4.78, 5) is 0. The number of hydrogen-bond acceptors (Lipinski definition) is 1. The Labute approximate surface area is 174 Å². The van der Waals surface area contributed by atoms with Gasteiger partial charge in [0.15, 0.2) is 0 Å². The van der Waals surface area contributed by atoms with Gasteiger partial charge in [-0.15, -0.1) is 0 Å². The van der Waals surface area contributed by atoms with E-state index in [9.17, 15) is 5.26 Å². The van der Waals surface area contributed by atoms with Gasteiger partial charge in [0.1, 0.15) is 5.40 Å². The van der Waals surface area contributed by atoms with Gasteiger partial charge in [0.25, 0.3) is 0 Å². The predicted molar refractivity (Wildman–Crippen MR) is 128 cm³/mol. The fourth-order valence-corrected chi connectivity index (χ4v) is 7.08. The van der Waals surface area contributed by atoms with E-state index in [0.717, 1.165) is 0 Å². The van der Waals surface area contributed by atoms with Gasteiger partial charge in [0, 0.05) is 0 Å². The van der Waals surface area contributed by atoms with E-state index in [1.165, 1.54) is 133 Å². The maximum atomic E-state index is 10.1. The van der Waals surface area contributed by atoms with Crippen LogP contribution in [0.1, 0.15) is 136 Å². The third kappa shape index (κ3) is 16.5. The summed E-state index contributed by atoms with van der Waals surface area (Å²) in [5.74, 6) is 3.71. The van der Waals surface area contributed by atoms with Crippen LogP contribution in [0.3, 0.4) is 0 Å². The Bertz CT molecular complexity index is 293. The summed E-state index contributed by atoms with van der Waals surface area (Å²) in [6.07, 6.45) is 24.4. The smallest absolute Gasteiger partial charge is 0.113 e. The van der Waals surface area contributed by atoms with Crippen molar-refractivity contribution in [2.24, 2.45) is 0 Å². The Hall–Kier alpha value is -0.160. The summed E-state index contributed by atoms with van der Waals surface area (Å²) < 4.78 is 0. The molecule has 0 atom stereocenters. The average Bonchev–Trinajstić information content (AvgIpc) is 2.69. The topological polar surface area (TPSA) is 23.8 Å². The fraction of sp³-hybridized carbons (Fsp3) is 0.960. The van der Waals surface area contributed by atoms with Crippen LogP contribution in [0.4, 0.5) is 0 Å². The third-order valence-electron chi connectivity index (χ3n) is 5.86. The number of nitrogens with zero attached hydrogens (tertiary/aromatic N) is 1. The highest BCUT2D eigenvalue weighted by Crippen LogP contribution is 2.49. The molecule has 0 heterocycles. The van der Waals surface area contributed by atoms with Crippen LogP contribution < -0.4 is 0 Å². The molecule has 0 unspecified atom stereocenters. The van der Waals surface area contributed by atoms with Crippen molar-refractivity contribution in [3.8, 4) is 5.40 Å². The molecule has 0 aliphatic rings. The van der Waals surface area contributed by atoms with Crippen molar-refractivity contribution in [1.82, 2.24) is 0 Å². The van der Waals surface area contributed by atoms with Gasteiger partial charge in [-0.1, -0.05) is 117 Å². The molecule has 0 aromatic heterocycles. The van der Waals surface area contributed by atoms with Crippen molar-refractivity contribution < 1.29 is 0 Å². The van der Waals surface area contributed by atoms with E-state index in [1.54, 1.807) is 0 Å². The van der Waals surface area contributed by atoms with E-state index in [2.05, 4.69) is 26.2 Å². The molecular formula is C25H51NS. The highest BCUT2D eigenvalue weighted by atomic mass is 32.3. The molecule has 0 aliphatic carbocycles. The standard InChI is InChI=1S/C25H51NS/c1-4-7-10-13-16-19-22-27(25-26,23-20-17-14-11-8-5-2)24-21-18-15-12-9-6-3/h4-24H2,1-3H3. The summed E-state index contributed by atoms with van der Waals surface area (Å²) >= 11 is 0.